The largest absolute Gasteiger partial charge is 0.507 e. The van der Waals surface area contributed by atoms with Gasteiger partial charge in [-0.05, 0) is 65.7 Å². The van der Waals surface area contributed by atoms with E-state index in [1.54, 1.807) is 31.4 Å². The highest BCUT2D eigenvalue weighted by Crippen LogP contribution is 2.45. The van der Waals surface area contributed by atoms with E-state index in [9.17, 15) is 14.7 Å². The van der Waals surface area contributed by atoms with Gasteiger partial charge in [-0.15, -0.1) is 11.3 Å². The minimum absolute atomic E-state index is 0.101. The number of methoxy groups -OCH3 is 1. The quantitative estimate of drug-likeness (QED) is 0.304. The lowest BCUT2D eigenvalue weighted by Gasteiger charge is -2.25. The van der Waals surface area contributed by atoms with Gasteiger partial charge in [-0.25, -0.2) is 0 Å². The molecule has 2 heterocycles. The van der Waals surface area contributed by atoms with Gasteiger partial charge in [0.1, 0.15) is 17.6 Å². The number of carbonyl (C=O) groups is 2. The number of hydrogen-bond donors (Lipinski definition) is 1. The van der Waals surface area contributed by atoms with Gasteiger partial charge in [-0.3, -0.25) is 14.5 Å². The Morgan fingerprint density at radius 3 is 2.41 bits per heavy atom. The van der Waals surface area contributed by atoms with Crippen molar-refractivity contribution in [2.45, 2.75) is 32.7 Å². The summed E-state index contributed by atoms with van der Waals surface area (Å²) in [6.45, 7) is 6.01. The molecule has 0 aliphatic carbocycles. The minimum Gasteiger partial charge on any atom is -0.507 e. The summed E-state index contributed by atoms with van der Waals surface area (Å²) >= 11 is 1.47. The number of hydrogen-bond acceptors (Lipinski definition) is 5. The molecule has 0 spiro atoms. The van der Waals surface area contributed by atoms with Gasteiger partial charge in [0.25, 0.3) is 11.7 Å². The number of ether oxygens (including phenoxy) is 1. The number of ketones is 1. The van der Waals surface area contributed by atoms with Crippen molar-refractivity contribution in [2.24, 2.45) is 0 Å². The average Bonchev–Trinajstić information content (AvgIpc) is 3.33. The lowest BCUT2D eigenvalue weighted by Crippen LogP contribution is -2.29. The van der Waals surface area contributed by atoms with Gasteiger partial charge in [-0.2, -0.15) is 0 Å². The molecule has 164 valence electrons. The lowest BCUT2D eigenvalue weighted by molar-refractivity contribution is -0.132. The molecule has 32 heavy (non-hydrogen) atoms. The predicted molar refractivity (Wildman–Crippen MR) is 127 cm³/mol. The maximum absolute atomic E-state index is 13.2. The maximum atomic E-state index is 13.2. The van der Waals surface area contributed by atoms with Gasteiger partial charge in [0.05, 0.1) is 12.7 Å². The third-order valence-electron chi connectivity index (χ3n) is 5.75. The molecular formula is C26H25NO4S. The molecule has 1 unspecified atom stereocenters. The fraction of sp³-hybridized carbons (Fsp3) is 0.231. The molecule has 1 aliphatic rings. The molecule has 1 atom stereocenters. The van der Waals surface area contributed by atoms with Gasteiger partial charge in [-0.1, -0.05) is 32.0 Å². The number of carbonyl (C=O) groups excluding carboxylic acids is 2. The van der Waals surface area contributed by atoms with E-state index in [2.05, 4.69) is 0 Å². The fourth-order valence-corrected chi connectivity index (χ4v) is 5.11. The summed E-state index contributed by atoms with van der Waals surface area (Å²) in [5.74, 6) is -0.643. The third-order valence-corrected chi connectivity index (χ3v) is 6.83. The number of amides is 1. The lowest BCUT2D eigenvalue weighted by atomic mass is 9.94. The summed E-state index contributed by atoms with van der Waals surface area (Å²) in [5.41, 5.74) is 3.08. The number of aliphatic hydroxyl groups is 1. The van der Waals surface area contributed by atoms with Crippen molar-refractivity contribution < 1.29 is 19.4 Å². The van der Waals surface area contributed by atoms with E-state index in [-0.39, 0.29) is 17.3 Å². The van der Waals surface area contributed by atoms with Crippen LogP contribution in [0.4, 0.5) is 5.69 Å². The van der Waals surface area contributed by atoms with E-state index < -0.39 is 17.7 Å². The zero-order valence-electron chi connectivity index (χ0n) is 18.5. The Labute approximate surface area is 191 Å². The SMILES string of the molecule is COc1ccc(/C(O)=C2/C(=O)C(=O)N(c3ccccc3)C2c2sccc2C)cc1C(C)C. The molecule has 5 nitrogen and oxygen atoms in total. The van der Waals surface area contributed by atoms with Crippen LogP contribution in [0.15, 0.2) is 65.6 Å². The van der Waals surface area contributed by atoms with Gasteiger partial charge < -0.3 is 9.84 Å². The van der Waals surface area contributed by atoms with Crippen LogP contribution in [0.3, 0.4) is 0 Å². The summed E-state index contributed by atoms with van der Waals surface area (Å²) in [5, 5.41) is 13.3. The maximum Gasteiger partial charge on any atom is 0.300 e. The van der Waals surface area contributed by atoms with Crippen LogP contribution < -0.4 is 9.64 Å². The zero-order valence-corrected chi connectivity index (χ0v) is 19.3. The molecule has 0 saturated carbocycles. The molecule has 1 aromatic heterocycles. The Bertz CT molecular complexity index is 1210. The van der Waals surface area contributed by atoms with Gasteiger partial charge in [0.15, 0.2) is 0 Å². The first-order chi connectivity index (χ1) is 15.3. The summed E-state index contributed by atoms with van der Waals surface area (Å²) in [7, 11) is 1.60. The molecule has 2 aromatic carbocycles. The van der Waals surface area contributed by atoms with Crippen molar-refractivity contribution >= 4 is 34.5 Å². The van der Waals surface area contributed by atoms with Crippen molar-refractivity contribution in [3.63, 3.8) is 0 Å². The van der Waals surface area contributed by atoms with Crippen molar-refractivity contribution in [3.8, 4) is 5.75 Å². The smallest absolute Gasteiger partial charge is 0.300 e. The van der Waals surface area contributed by atoms with E-state index in [0.717, 1.165) is 16.0 Å². The zero-order chi connectivity index (χ0) is 23.0. The molecule has 4 rings (SSSR count). The monoisotopic (exact) mass is 447 g/mol. The van der Waals surface area contributed by atoms with E-state index in [0.29, 0.717) is 17.0 Å². The molecule has 0 radical (unpaired) electrons. The van der Waals surface area contributed by atoms with Crippen LogP contribution in [0, 0.1) is 6.92 Å². The average molecular weight is 448 g/mol. The van der Waals surface area contributed by atoms with Crippen LogP contribution >= 0.6 is 11.3 Å². The first-order valence-corrected chi connectivity index (χ1v) is 11.3. The minimum atomic E-state index is -0.693. The van der Waals surface area contributed by atoms with Crippen molar-refractivity contribution in [1.82, 2.24) is 0 Å². The van der Waals surface area contributed by atoms with Crippen molar-refractivity contribution in [1.29, 1.82) is 0 Å². The Balaban J connectivity index is 1.94. The highest BCUT2D eigenvalue weighted by atomic mass is 32.1. The molecule has 1 fully saturated rings. The molecule has 1 amide bonds. The molecule has 6 heteroatoms. The summed E-state index contributed by atoms with van der Waals surface area (Å²) < 4.78 is 5.45. The Hall–Kier alpha value is -3.38. The second kappa shape index (κ2) is 8.63. The Kier molecular flexibility index (Phi) is 5.89. The third kappa shape index (κ3) is 3.60. The molecule has 0 bridgehead atoms. The van der Waals surface area contributed by atoms with Gasteiger partial charge in [0, 0.05) is 16.1 Å². The number of aliphatic hydroxyl groups excluding tert-OH is 1. The molecule has 3 aromatic rings. The van der Waals surface area contributed by atoms with Crippen molar-refractivity contribution in [3.05, 3.63) is 87.1 Å². The molecule has 1 saturated heterocycles. The van der Waals surface area contributed by atoms with Crippen molar-refractivity contribution in [2.75, 3.05) is 12.0 Å². The number of thiophene rings is 1. The normalized spacial score (nSPS) is 17.9. The van der Waals surface area contributed by atoms with Crippen LogP contribution in [0.2, 0.25) is 0 Å². The first kappa shape index (κ1) is 21.8. The second-order valence-corrected chi connectivity index (χ2v) is 9.03. The number of benzene rings is 2. The topological polar surface area (TPSA) is 66.8 Å². The standard InChI is InChI=1S/C26H25NO4S/c1-15(2)19-14-17(10-11-20(19)31-4)23(28)21-22(25-16(3)12-13-32-25)27(26(30)24(21)29)18-8-6-5-7-9-18/h5-15,22,28H,1-4H3/b23-21-. The number of nitrogens with zero attached hydrogens (tertiary/aromatic N) is 1. The highest BCUT2D eigenvalue weighted by Gasteiger charge is 2.47. The molecular weight excluding hydrogens is 422 g/mol. The van der Waals surface area contributed by atoms with Crippen LogP contribution in [0.1, 0.15) is 47.4 Å². The van der Waals surface area contributed by atoms with Crippen LogP contribution in [0.5, 0.6) is 5.75 Å². The van der Waals surface area contributed by atoms with E-state index in [1.165, 1.54) is 16.2 Å². The van der Waals surface area contributed by atoms with Crippen LogP contribution in [-0.2, 0) is 9.59 Å². The Morgan fingerprint density at radius 2 is 1.81 bits per heavy atom. The van der Waals surface area contributed by atoms with E-state index >= 15 is 0 Å². The Morgan fingerprint density at radius 1 is 1.09 bits per heavy atom. The first-order valence-electron chi connectivity index (χ1n) is 10.4. The number of rotatable bonds is 5. The van der Waals surface area contributed by atoms with Crippen LogP contribution in [-0.4, -0.2) is 23.9 Å². The number of para-hydroxylation sites is 1. The predicted octanol–water partition coefficient (Wildman–Crippen LogP) is 5.81. The van der Waals surface area contributed by atoms with E-state index in [1.807, 2.05) is 56.5 Å². The fourth-order valence-electron chi connectivity index (χ4n) is 4.09. The van der Waals surface area contributed by atoms with E-state index in [4.69, 9.17) is 4.74 Å². The number of Topliss-reactive ketones (excluding diaryl/α,β-unsaturated/α-hetero) is 1. The molecule has 1 N–H and O–H groups in total. The summed E-state index contributed by atoms with van der Waals surface area (Å²) in [6, 6.07) is 15.7. The summed E-state index contributed by atoms with van der Waals surface area (Å²) in [4.78, 5) is 28.7. The number of aryl methyl sites for hydroxylation is 1. The highest BCUT2D eigenvalue weighted by molar-refractivity contribution is 7.10. The number of anilines is 1. The van der Waals surface area contributed by atoms with Gasteiger partial charge in [0.2, 0.25) is 0 Å². The van der Waals surface area contributed by atoms with Crippen LogP contribution in [0.25, 0.3) is 5.76 Å². The van der Waals surface area contributed by atoms with Gasteiger partial charge >= 0.3 is 0 Å². The molecule has 1 aliphatic heterocycles. The second-order valence-electron chi connectivity index (χ2n) is 8.08. The summed E-state index contributed by atoms with van der Waals surface area (Å²) in [6.07, 6.45) is 0.